The first-order valence-electron chi connectivity index (χ1n) is 17.2. The van der Waals surface area contributed by atoms with Crippen LogP contribution in [0.25, 0.3) is 61.3 Å². The number of imidazole rings is 1. The van der Waals surface area contributed by atoms with E-state index in [4.69, 9.17) is 9.40 Å². The molecule has 0 atom stereocenters. The van der Waals surface area contributed by atoms with Crippen molar-refractivity contribution in [1.82, 2.24) is 14.5 Å². The second kappa shape index (κ2) is 14.2. The van der Waals surface area contributed by atoms with E-state index in [9.17, 15) is 0 Å². The molecule has 3 heterocycles. The van der Waals surface area contributed by atoms with Crippen LogP contribution >= 0.6 is 0 Å². The molecule has 0 aliphatic heterocycles. The molecule has 0 bridgehead atoms. The molecule has 0 N–H and O–H groups in total. The Bertz CT molecular complexity index is 2460. The zero-order valence-corrected chi connectivity index (χ0v) is 33.9. The van der Waals surface area contributed by atoms with Crippen LogP contribution in [0.15, 0.2) is 120 Å². The topological polar surface area (TPSA) is 43.9 Å². The predicted molar refractivity (Wildman–Crippen MR) is 212 cm³/mol. The van der Waals surface area contributed by atoms with Crippen molar-refractivity contribution in [1.29, 1.82) is 0 Å². The van der Waals surface area contributed by atoms with E-state index in [0.717, 1.165) is 61.3 Å². The van der Waals surface area contributed by atoms with E-state index < -0.39 is 8.07 Å². The smallest absolute Gasteiger partial charge is 0.120 e. The van der Waals surface area contributed by atoms with E-state index in [0.29, 0.717) is 0 Å². The van der Waals surface area contributed by atoms with Gasteiger partial charge in [0.15, 0.2) is 0 Å². The summed E-state index contributed by atoms with van der Waals surface area (Å²) in [7, 11) is -1.28. The van der Waals surface area contributed by atoms with Crippen LogP contribution in [-0.2, 0) is 25.5 Å². The van der Waals surface area contributed by atoms with Gasteiger partial charge in [0, 0.05) is 37.4 Å². The Morgan fingerprint density at radius 2 is 1.51 bits per heavy atom. The summed E-state index contributed by atoms with van der Waals surface area (Å²) in [6, 6.07) is 44.3. The summed E-state index contributed by atoms with van der Waals surface area (Å²) in [5.41, 5.74) is 11.7. The molecule has 5 aromatic carbocycles. The summed E-state index contributed by atoms with van der Waals surface area (Å²) >= 11 is 0. The maximum atomic E-state index is 6.30. The zero-order chi connectivity index (χ0) is 35.2. The first-order chi connectivity index (χ1) is 23.9. The molecule has 0 aliphatic carbocycles. The third-order valence-corrected chi connectivity index (χ3v) is 11.4. The number of para-hydroxylation sites is 3. The molecule has 8 rings (SSSR count). The van der Waals surface area contributed by atoms with Gasteiger partial charge in [-0.25, -0.2) is 0 Å². The van der Waals surface area contributed by atoms with Gasteiger partial charge in [-0.3, -0.25) is 4.98 Å². The van der Waals surface area contributed by atoms with E-state index in [1.807, 2.05) is 36.4 Å². The molecule has 259 valence electrons. The molecule has 0 amide bonds. The molecule has 0 saturated heterocycles. The maximum Gasteiger partial charge on any atom is 0.120 e. The van der Waals surface area contributed by atoms with Gasteiger partial charge in [-0.15, -0.1) is 53.6 Å². The Labute approximate surface area is 316 Å². The molecule has 0 fully saturated rings. The van der Waals surface area contributed by atoms with E-state index >= 15 is 0 Å². The van der Waals surface area contributed by atoms with Crippen LogP contribution in [0.5, 0.6) is 0 Å². The average molecular weight is 862 g/mol. The number of nitrogens with zero attached hydrogens (tertiary/aromatic N) is 3. The number of pyridine rings is 1. The molecule has 4 nitrogen and oxygen atoms in total. The van der Waals surface area contributed by atoms with E-state index in [2.05, 4.69) is 155 Å². The van der Waals surface area contributed by atoms with Gasteiger partial charge in [-0.05, 0) is 59.1 Å². The maximum absolute atomic E-state index is 6.30. The summed E-state index contributed by atoms with van der Waals surface area (Å²) in [4.78, 5) is 9.63. The van der Waals surface area contributed by atoms with Gasteiger partial charge in [-0.1, -0.05) is 112 Å². The van der Waals surface area contributed by atoms with Crippen LogP contribution in [0, 0.1) is 26.0 Å². The number of aromatic nitrogens is 3. The summed E-state index contributed by atoms with van der Waals surface area (Å²) in [6.45, 7) is 18.0. The largest absolute Gasteiger partial charge is 0.501 e. The van der Waals surface area contributed by atoms with Crippen molar-refractivity contribution in [2.24, 2.45) is 0 Å². The number of hydrogen-bond donors (Lipinski definition) is 0. The molecule has 51 heavy (non-hydrogen) atoms. The van der Waals surface area contributed by atoms with Gasteiger partial charge in [0.05, 0.1) is 30.5 Å². The van der Waals surface area contributed by atoms with E-state index in [1.54, 1.807) is 0 Å². The Hall–Kier alpha value is -4.61. The van der Waals surface area contributed by atoms with Crippen LogP contribution < -0.4 is 5.19 Å². The number of furan rings is 1. The third kappa shape index (κ3) is 7.27. The monoisotopic (exact) mass is 862 g/mol. The van der Waals surface area contributed by atoms with Gasteiger partial charge < -0.3 is 14.0 Å². The minimum atomic E-state index is -1.28. The zero-order valence-electron chi connectivity index (χ0n) is 30.6. The van der Waals surface area contributed by atoms with Crippen molar-refractivity contribution in [3.63, 3.8) is 0 Å². The van der Waals surface area contributed by atoms with E-state index in [-0.39, 0.29) is 25.5 Å². The molecular formula is C45H43IrN3OSi-2. The van der Waals surface area contributed by atoms with Crippen LogP contribution in [0.1, 0.15) is 37.5 Å². The third-order valence-electron chi connectivity index (χ3n) is 9.28. The van der Waals surface area contributed by atoms with Crippen molar-refractivity contribution < 1.29 is 24.5 Å². The van der Waals surface area contributed by atoms with Crippen molar-refractivity contribution in [2.45, 2.75) is 59.7 Å². The van der Waals surface area contributed by atoms with Gasteiger partial charge in [0.2, 0.25) is 0 Å². The van der Waals surface area contributed by atoms with E-state index in [1.165, 1.54) is 21.9 Å². The van der Waals surface area contributed by atoms with Crippen molar-refractivity contribution in [3.05, 3.63) is 144 Å². The summed E-state index contributed by atoms with van der Waals surface area (Å²) in [5, 5.41) is 3.63. The Kier molecular flexibility index (Phi) is 10.1. The van der Waals surface area contributed by atoms with Crippen molar-refractivity contribution >= 4 is 46.2 Å². The SMILES string of the molecule is CC(C)(C)c1ccc(-n2c(-c3[c-]ccc4c3oc3ccccc34)nc3ccccc32)cc1.Cc1c[c-]c(-c2cc(C)c([Si](C)(C)C)cn2)cc1.[Ir]. The Morgan fingerprint density at radius 3 is 2.20 bits per heavy atom. The standard InChI is InChI=1S/C29H23N2O.C16H20NSi.Ir/c1-29(2,3)19-15-17-20(18-16-19)31-25-13-6-5-12-24(25)30-28(31)23-11-8-10-22-21-9-4-7-14-26(21)32-27(22)23;1-12-6-8-14(9-7-12)15-10-13(2)16(11-17-15)18(3,4)5;/h4-10,12-18H,1-3H3;6-8,10-11H,1-5H3;/q2*-1;. The van der Waals surface area contributed by atoms with Crippen LogP contribution in [0.2, 0.25) is 19.6 Å². The Balaban J connectivity index is 0.000000202. The fourth-order valence-electron chi connectivity index (χ4n) is 6.57. The summed E-state index contributed by atoms with van der Waals surface area (Å²) in [5.74, 6) is 0.833. The molecule has 1 radical (unpaired) electrons. The number of fused-ring (bicyclic) bond motifs is 4. The average Bonchev–Trinajstić information content (AvgIpc) is 3.67. The minimum Gasteiger partial charge on any atom is -0.501 e. The minimum absolute atomic E-state index is 0. The fourth-order valence-corrected chi connectivity index (χ4v) is 8.28. The number of benzene rings is 5. The normalized spacial score (nSPS) is 11.8. The quantitative estimate of drug-likeness (QED) is 0.131. The molecule has 0 unspecified atom stereocenters. The van der Waals surface area contributed by atoms with Crippen molar-refractivity contribution in [3.8, 4) is 28.3 Å². The molecule has 3 aromatic heterocycles. The molecule has 0 saturated carbocycles. The van der Waals surface area contributed by atoms with Gasteiger partial charge in [0.1, 0.15) is 5.58 Å². The number of aryl methyl sites for hydroxylation is 2. The van der Waals surface area contributed by atoms with Crippen molar-refractivity contribution in [2.75, 3.05) is 0 Å². The molecule has 8 aromatic rings. The second-order valence-corrected chi connectivity index (χ2v) is 20.2. The molecular weight excluding hydrogens is 819 g/mol. The van der Waals surface area contributed by atoms with Crippen LogP contribution in [0.4, 0.5) is 0 Å². The van der Waals surface area contributed by atoms with Crippen LogP contribution in [-0.4, -0.2) is 22.6 Å². The molecule has 0 aliphatic rings. The fraction of sp³-hybridized carbons (Fsp3) is 0.200. The van der Waals surface area contributed by atoms with Gasteiger partial charge in [0.25, 0.3) is 0 Å². The number of rotatable bonds is 4. The second-order valence-electron chi connectivity index (χ2n) is 15.2. The first kappa shape index (κ1) is 36.2. The van der Waals surface area contributed by atoms with Gasteiger partial charge in [-0.2, -0.15) is 0 Å². The molecule has 0 spiro atoms. The van der Waals surface area contributed by atoms with Crippen LogP contribution in [0.3, 0.4) is 0 Å². The predicted octanol–water partition coefficient (Wildman–Crippen LogP) is 11.4. The summed E-state index contributed by atoms with van der Waals surface area (Å²) in [6.07, 6.45) is 2.06. The first-order valence-corrected chi connectivity index (χ1v) is 20.7. The summed E-state index contributed by atoms with van der Waals surface area (Å²) < 4.78 is 8.51. The van der Waals surface area contributed by atoms with Gasteiger partial charge >= 0.3 is 0 Å². The number of hydrogen-bond acceptors (Lipinski definition) is 3. The molecule has 6 heteroatoms. The Morgan fingerprint density at radius 1 is 0.784 bits per heavy atom.